The molecule has 0 radical (unpaired) electrons. The van der Waals surface area contributed by atoms with Crippen molar-refractivity contribution < 1.29 is 5.11 Å². The van der Waals surface area contributed by atoms with Gasteiger partial charge in [0.2, 0.25) is 0 Å². The zero-order valence-corrected chi connectivity index (χ0v) is 17.5. The van der Waals surface area contributed by atoms with E-state index >= 15 is 0 Å². The Balaban J connectivity index is 1.65. The second-order valence-corrected chi connectivity index (χ2v) is 9.32. The third kappa shape index (κ3) is 3.91. The number of aromatic nitrogens is 2. The lowest BCUT2D eigenvalue weighted by Crippen LogP contribution is -2.10. The largest absolute Gasteiger partial charge is 0.395 e. The van der Waals surface area contributed by atoms with Crippen molar-refractivity contribution in [2.45, 2.75) is 36.3 Å². The molecule has 0 fully saturated rings. The predicted molar refractivity (Wildman–Crippen MR) is 113 cm³/mol. The monoisotopic (exact) mass is 449 g/mol. The molecule has 0 unspecified atom stereocenters. The summed E-state index contributed by atoms with van der Waals surface area (Å²) in [5, 5.41) is 13.7. The molecule has 2 aromatic heterocycles. The van der Waals surface area contributed by atoms with Gasteiger partial charge in [0.1, 0.15) is 16.5 Å². The number of aliphatic hydroxyl groups excluding tert-OH is 1. The Morgan fingerprint density at radius 1 is 1.15 bits per heavy atom. The molecular weight excluding hydrogens is 430 g/mol. The SMILES string of the molecule is OCCNc1nc(CSc2ccc(Br)cc2)nc2sc3c(c12)CCCC3. The maximum Gasteiger partial charge on any atom is 0.142 e. The highest BCUT2D eigenvalue weighted by molar-refractivity contribution is 9.10. The molecule has 0 aliphatic heterocycles. The summed E-state index contributed by atoms with van der Waals surface area (Å²) in [5.74, 6) is 2.45. The van der Waals surface area contributed by atoms with Crippen molar-refractivity contribution >= 4 is 55.1 Å². The van der Waals surface area contributed by atoms with Gasteiger partial charge >= 0.3 is 0 Å². The highest BCUT2D eigenvalue weighted by Crippen LogP contribution is 2.39. The smallest absolute Gasteiger partial charge is 0.142 e. The van der Waals surface area contributed by atoms with Gasteiger partial charge in [0, 0.05) is 20.8 Å². The van der Waals surface area contributed by atoms with Crippen molar-refractivity contribution in [2.24, 2.45) is 0 Å². The number of halogens is 1. The van der Waals surface area contributed by atoms with E-state index in [2.05, 4.69) is 33.4 Å². The van der Waals surface area contributed by atoms with E-state index in [4.69, 9.17) is 9.97 Å². The van der Waals surface area contributed by atoms with Crippen LogP contribution in [0.25, 0.3) is 10.2 Å². The average molecular weight is 450 g/mol. The van der Waals surface area contributed by atoms with Crippen LogP contribution in [0.4, 0.5) is 5.82 Å². The fraction of sp³-hybridized carbons (Fsp3) is 0.368. The first-order valence-electron chi connectivity index (χ1n) is 8.79. The van der Waals surface area contributed by atoms with Crippen LogP contribution in [-0.4, -0.2) is 28.2 Å². The lowest BCUT2D eigenvalue weighted by molar-refractivity contribution is 0.311. The fourth-order valence-electron chi connectivity index (χ4n) is 3.25. The van der Waals surface area contributed by atoms with E-state index in [1.54, 1.807) is 11.8 Å². The number of hydrogen-bond acceptors (Lipinski definition) is 6. The Labute approximate surface area is 169 Å². The van der Waals surface area contributed by atoms with Crippen molar-refractivity contribution in [1.29, 1.82) is 0 Å². The number of aryl methyl sites for hydroxylation is 2. The molecule has 4 nitrogen and oxygen atoms in total. The van der Waals surface area contributed by atoms with Crippen molar-refractivity contribution in [3.05, 3.63) is 45.0 Å². The maximum atomic E-state index is 9.22. The molecule has 0 saturated heterocycles. The van der Waals surface area contributed by atoms with Crippen molar-refractivity contribution in [1.82, 2.24) is 9.97 Å². The number of anilines is 1. The van der Waals surface area contributed by atoms with Gasteiger partial charge in [-0.05, 0) is 55.5 Å². The van der Waals surface area contributed by atoms with Crippen LogP contribution in [0.15, 0.2) is 33.6 Å². The van der Waals surface area contributed by atoms with Crippen LogP contribution >= 0.6 is 39.0 Å². The first kappa shape index (κ1) is 18.2. The van der Waals surface area contributed by atoms with Crippen LogP contribution in [0.1, 0.15) is 29.1 Å². The Hall–Kier alpha value is -1.15. The number of nitrogens with one attached hydrogen (secondary N) is 1. The van der Waals surface area contributed by atoms with E-state index < -0.39 is 0 Å². The van der Waals surface area contributed by atoms with Gasteiger partial charge in [0.05, 0.1) is 17.7 Å². The summed E-state index contributed by atoms with van der Waals surface area (Å²) < 4.78 is 1.08. The number of aliphatic hydroxyl groups is 1. The Kier molecular flexibility index (Phi) is 5.78. The summed E-state index contributed by atoms with van der Waals surface area (Å²) in [6.45, 7) is 0.608. The molecule has 4 rings (SSSR count). The standard InChI is InChI=1S/C19H20BrN3OS2/c20-12-5-7-13(8-6-12)25-11-16-22-18(21-9-10-24)17-14-3-1-2-4-15(14)26-19(17)23-16/h5-8,24H,1-4,9-11H2,(H,21,22,23). The molecule has 7 heteroatoms. The zero-order valence-electron chi connectivity index (χ0n) is 14.3. The lowest BCUT2D eigenvalue weighted by atomic mass is 9.97. The number of fused-ring (bicyclic) bond motifs is 3. The van der Waals surface area contributed by atoms with Crippen LogP contribution in [0.2, 0.25) is 0 Å². The minimum absolute atomic E-state index is 0.0980. The van der Waals surface area contributed by atoms with Gasteiger partial charge in [-0.1, -0.05) is 15.9 Å². The molecule has 2 N–H and O–H groups in total. The molecule has 3 aromatic rings. The lowest BCUT2D eigenvalue weighted by Gasteiger charge is -2.13. The Bertz CT molecular complexity index is 911. The first-order chi connectivity index (χ1) is 12.7. The van der Waals surface area contributed by atoms with Crippen molar-refractivity contribution in [3.63, 3.8) is 0 Å². The molecule has 0 saturated carbocycles. The Morgan fingerprint density at radius 3 is 2.77 bits per heavy atom. The summed E-state index contributed by atoms with van der Waals surface area (Å²) in [6.07, 6.45) is 4.76. The van der Waals surface area contributed by atoms with Crippen LogP contribution in [0.3, 0.4) is 0 Å². The summed E-state index contributed by atoms with van der Waals surface area (Å²) in [4.78, 5) is 13.4. The number of benzene rings is 1. The number of thioether (sulfide) groups is 1. The quantitative estimate of drug-likeness (QED) is 0.516. The van der Waals surface area contributed by atoms with E-state index in [0.29, 0.717) is 6.54 Å². The molecule has 136 valence electrons. The second kappa shape index (κ2) is 8.25. The van der Waals surface area contributed by atoms with Gasteiger partial charge < -0.3 is 10.4 Å². The summed E-state index contributed by atoms with van der Waals surface area (Å²) in [7, 11) is 0. The molecule has 1 aliphatic carbocycles. The number of nitrogens with zero attached hydrogens (tertiary/aromatic N) is 2. The molecule has 0 bridgehead atoms. The minimum Gasteiger partial charge on any atom is -0.395 e. The van der Waals surface area contributed by atoms with E-state index in [1.165, 1.54) is 33.6 Å². The number of rotatable bonds is 6. The summed E-state index contributed by atoms with van der Waals surface area (Å²) in [5.41, 5.74) is 1.42. The summed E-state index contributed by atoms with van der Waals surface area (Å²) in [6, 6.07) is 8.30. The van der Waals surface area contributed by atoms with Gasteiger partial charge in [-0.15, -0.1) is 23.1 Å². The normalized spacial score (nSPS) is 13.8. The predicted octanol–water partition coefficient (Wildman–Crippen LogP) is 5.03. The molecule has 1 aliphatic rings. The molecule has 0 amide bonds. The van der Waals surface area contributed by atoms with Crippen LogP contribution in [-0.2, 0) is 18.6 Å². The highest BCUT2D eigenvalue weighted by Gasteiger charge is 2.21. The van der Waals surface area contributed by atoms with Gasteiger partial charge in [-0.3, -0.25) is 0 Å². The minimum atomic E-state index is 0.0980. The van der Waals surface area contributed by atoms with Gasteiger partial charge in [-0.25, -0.2) is 9.97 Å². The first-order valence-corrected chi connectivity index (χ1v) is 11.4. The molecule has 2 heterocycles. The van der Waals surface area contributed by atoms with Crippen LogP contribution < -0.4 is 5.32 Å². The maximum absolute atomic E-state index is 9.22. The second-order valence-electron chi connectivity index (χ2n) is 6.27. The van der Waals surface area contributed by atoms with E-state index in [0.717, 1.165) is 39.5 Å². The van der Waals surface area contributed by atoms with Gasteiger partial charge in [-0.2, -0.15) is 0 Å². The van der Waals surface area contributed by atoms with Gasteiger partial charge in [0.25, 0.3) is 0 Å². The highest BCUT2D eigenvalue weighted by atomic mass is 79.9. The van der Waals surface area contributed by atoms with Crippen LogP contribution in [0.5, 0.6) is 0 Å². The summed E-state index contributed by atoms with van der Waals surface area (Å²) >= 11 is 7.02. The average Bonchev–Trinajstić information content (AvgIpc) is 3.04. The Morgan fingerprint density at radius 2 is 1.96 bits per heavy atom. The van der Waals surface area contributed by atoms with E-state index in [9.17, 15) is 5.11 Å². The van der Waals surface area contributed by atoms with E-state index in [-0.39, 0.29) is 6.61 Å². The van der Waals surface area contributed by atoms with Crippen molar-refractivity contribution in [2.75, 3.05) is 18.5 Å². The molecule has 26 heavy (non-hydrogen) atoms. The molecule has 0 atom stereocenters. The van der Waals surface area contributed by atoms with Gasteiger partial charge in [0.15, 0.2) is 0 Å². The fourth-order valence-corrected chi connectivity index (χ4v) is 5.54. The zero-order chi connectivity index (χ0) is 17.9. The third-order valence-corrected chi connectivity index (χ3v) is 7.17. The van der Waals surface area contributed by atoms with E-state index in [1.807, 2.05) is 23.5 Å². The molecule has 0 spiro atoms. The third-order valence-electron chi connectivity index (χ3n) is 4.45. The van der Waals surface area contributed by atoms with Crippen molar-refractivity contribution in [3.8, 4) is 0 Å². The molecular formula is C19H20BrN3OS2. The van der Waals surface area contributed by atoms with Crippen LogP contribution in [0, 0.1) is 0 Å². The number of thiophene rings is 1. The topological polar surface area (TPSA) is 58.0 Å². The molecule has 1 aromatic carbocycles. The number of hydrogen-bond donors (Lipinski definition) is 2.